The van der Waals surface area contributed by atoms with E-state index in [1.807, 2.05) is 30.6 Å². The Labute approximate surface area is 320 Å². The number of para-hydroxylation sites is 4. The van der Waals surface area contributed by atoms with Crippen molar-refractivity contribution in [2.45, 2.75) is 0 Å². The molecule has 7 aromatic carbocycles. The molecular weight excluding hydrogens is 685 g/mol. The number of pyridine rings is 1. The lowest BCUT2D eigenvalue weighted by Crippen LogP contribution is -2.06. The van der Waals surface area contributed by atoms with Gasteiger partial charge >= 0.3 is 0 Å². The minimum Gasteiger partial charge on any atom is -0.344 e. The van der Waals surface area contributed by atoms with Gasteiger partial charge in [0.15, 0.2) is 0 Å². The number of fused-ring (bicyclic) bond motifs is 14. The molecule has 5 heterocycles. The van der Waals surface area contributed by atoms with Gasteiger partial charge in [0.2, 0.25) is 0 Å². The highest BCUT2D eigenvalue weighted by molar-refractivity contribution is 6.27. The van der Waals surface area contributed by atoms with E-state index in [4.69, 9.17) is 4.98 Å². The second kappa shape index (κ2) is 11.2. The Hall–Kier alpha value is -7.62. The molecule has 0 saturated carbocycles. The van der Waals surface area contributed by atoms with Crippen LogP contribution in [0, 0.1) is 11.3 Å². The van der Waals surface area contributed by atoms with Crippen LogP contribution in [0.4, 0.5) is 0 Å². The fourth-order valence-electron chi connectivity index (χ4n) is 9.75. The minimum absolute atomic E-state index is 0.605. The predicted molar refractivity (Wildman–Crippen MR) is 231 cm³/mol. The third kappa shape index (κ3) is 3.86. The summed E-state index contributed by atoms with van der Waals surface area (Å²) in [5.41, 5.74) is 13.3. The summed E-state index contributed by atoms with van der Waals surface area (Å²) in [4.78, 5) is 5.13. The summed E-state index contributed by atoms with van der Waals surface area (Å²) in [5, 5.41) is 20.2. The molecule has 12 aromatic rings. The van der Waals surface area contributed by atoms with Crippen molar-refractivity contribution in [2.75, 3.05) is 0 Å². The van der Waals surface area contributed by atoms with E-state index in [2.05, 4.69) is 166 Å². The Kier molecular flexibility index (Phi) is 6.16. The third-order valence-corrected chi connectivity index (χ3v) is 12.1. The molecule has 12 rings (SSSR count). The van der Waals surface area contributed by atoms with Crippen LogP contribution in [0.3, 0.4) is 0 Å². The van der Waals surface area contributed by atoms with E-state index in [1.165, 1.54) is 43.4 Å². The lowest BCUT2D eigenvalue weighted by Gasteiger charge is -2.20. The molecule has 56 heavy (non-hydrogen) atoms. The fourth-order valence-corrected chi connectivity index (χ4v) is 9.75. The van der Waals surface area contributed by atoms with E-state index >= 15 is 0 Å². The fraction of sp³-hybridized carbons (Fsp3) is 0.0400. The van der Waals surface area contributed by atoms with Crippen LogP contribution in [-0.2, 0) is 14.1 Å². The van der Waals surface area contributed by atoms with Crippen molar-refractivity contribution >= 4 is 87.2 Å². The number of hydrogen-bond donors (Lipinski definition) is 0. The van der Waals surface area contributed by atoms with E-state index in [0.717, 1.165) is 66.4 Å². The molecule has 0 atom stereocenters. The number of benzene rings is 7. The molecule has 6 nitrogen and oxygen atoms in total. The Balaban J connectivity index is 1.33. The van der Waals surface area contributed by atoms with Crippen LogP contribution in [0.15, 0.2) is 158 Å². The van der Waals surface area contributed by atoms with Crippen molar-refractivity contribution in [3.05, 3.63) is 164 Å². The van der Waals surface area contributed by atoms with E-state index in [0.29, 0.717) is 5.56 Å². The van der Waals surface area contributed by atoms with Crippen LogP contribution < -0.4 is 0 Å². The molecule has 0 N–H and O–H groups in total. The highest BCUT2D eigenvalue weighted by Crippen LogP contribution is 2.46. The molecule has 0 radical (unpaired) electrons. The molecule has 0 unspecified atom stereocenters. The van der Waals surface area contributed by atoms with Crippen LogP contribution in [-0.4, -0.2) is 23.3 Å². The summed E-state index contributed by atoms with van der Waals surface area (Å²) < 4.78 is 9.39. The van der Waals surface area contributed by atoms with Gasteiger partial charge in [0.05, 0.1) is 68.5 Å². The first kappa shape index (κ1) is 30.8. The van der Waals surface area contributed by atoms with Crippen LogP contribution in [0.2, 0.25) is 0 Å². The first-order chi connectivity index (χ1) is 27.6. The molecule has 0 fully saturated rings. The zero-order valence-corrected chi connectivity index (χ0v) is 30.7. The second-order valence-electron chi connectivity index (χ2n) is 14.8. The summed E-state index contributed by atoms with van der Waals surface area (Å²) in [6, 6.07) is 54.2. The number of nitriles is 1. The third-order valence-electron chi connectivity index (χ3n) is 12.1. The molecule has 0 aliphatic rings. The average molecular weight is 717 g/mol. The van der Waals surface area contributed by atoms with Crippen LogP contribution >= 0.6 is 0 Å². The molecule has 0 aliphatic carbocycles. The highest BCUT2D eigenvalue weighted by atomic mass is 15.1. The average Bonchev–Trinajstić information content (AvgIpc) is 3.95. The summed E-state index contributed by atoms with van der Waals surface area (Å²) in [7, 11) is 4.30. The van der Waals surface area contributed by atoms with Gasteiger partial charge in [0.25, 0.3) is 0 Å². The molecule has 0 amide bonds. The Bertz CT molecular complexity index is 3480. The number of aromatic nitrogens is 5. The molecule has 0 bridgehead atoms. The molecular formula is C50H32N6. The van der Waals surface area contributed by atoms with Gasteiger partial charge in [0, 0.05) is 79.3 Å². The van der Waals surface area contributed by atoms with E-state index < -0.39 is 0 Å². The summed E-state index contributed by atoms with van der Waals surface area (Å²) in [6.07, 6.45) is 3.98. The largest absolute Gasteiger partial charge is 0.344 e. The van der Waals surface area contributed by atoms with Gasteiger partial charge in [-0.15, -0.1) is 0 Å². The van der Waals surface area contributed by atoms with Crippen LogP contribution in [0.1, 0.15) is 5.56 Å². The first-order valence-electron chi connectivity index (χ1n) is 18.9. The zero-order valence-electron chi connectivity index (χ0n) is 30.7. The molecule has 5 aromatic heterocycles. The van der Waals surface area contributed by atoms with E-state index in [-0.39, 0.29) is 0 Å². The van der Waals surface area contributed by atoms with Gasteiger partial charge in [-0.05, 0) is 42.5 Å². The van der Waals surface area contributed by atoms with E-state index in [1.54, 1.807) is 0 Å². The quantitative estimate of drug-likeness (QED) is 0.183. The van der Waals surface area contributed by atoms with Crippen molar-refractivity contribution in [2.24, 2.45) is 14.1 Å². The van der Waals surface area contributed by atoms with E-state index in [9.17, 15) is 5.26 Å². The molecule has 0 saturated heterocycles. The number of aryl methyl sites for hydroxylation is 2. The van der Waals surface area contributed by atoms with Gasteiger partial charge in [-0.2, -0.15) is 5.26 Å². The van der Waals surface area contributed by atoms with Crippen molar-refractivity contribution < 1.29 is 0 Å². The molecule has 6 heteroatoms. The molecule has 262 valence electrons. The Morgan fingerprint density at radius 1 is 0.429 bits per heavy atom. The monoisotopic (exact) mass is 716 g/mol. The maximum atomic E-state index is 10.7. The van der Waals surface area contributed by atoms with Crippen molar-refractivity contribution in [1.29, 1.82) is 5.26 Å². The predicted octanol–water partition coefficient (Wildman–Crippen LogP) is 12.1. The second-order valence-corrected chi connectivity index (χ2v) is 14.8. The highest BCUT2D eigenvalue weighted by Gasteiger charge is 2.26. The van der Waals surface area contributed by atoms with Crippen molar-refractivity contribution in [3.8, 4) is 28.6 Å². The summed E-state index contributed by atoms with van der Waals surface area (Å²) in [5.74, 6) is 0. The maximum absolute atomic E-state index is 10.7. The number of hydrogen-bond acceptors (Lipinski definition) is 2. The van der Waals surface area contributed by atoms with Gasteiger partial charge in [-0.1, -0.05) is 103 Å². The summed E-state index contributed by atoms with van der Waals surface area (Å²) in [6.45, 7) is 0. The molecule has 0 spiro atoms. The lowest BCUT2D eigenvalue weighted by molar-refractivity contribution is 1.01. The first-order valence-corrected chi connectivity index (χ1v) is 18.9. The number of nitrogens with zero attached hydrogens (tertiary/aromatic N) is 6. The Morgan fingerprint density at radius 3 is 1.36 bits per heavy atom. The number of rotatable bonds is 3. The van der Waals surface area contributed by atoms with Gasteiger partial charge < -0.3 is 18.3 Å². The topological polar surface area (TPSA) is 56.4 Å². The smallest absolute Gasteiger partial charge is 0.0998 e. The summed E-state index contributed by atoms with van der Waals surface area (Å²) >= 11 is 0. The maximum Gasteiger partial charge on any atom is 0.0998 e. The standard InChI is InChI=1S/C50H32N6/c1-53-38-19-9-7-17-36(38)47-42(53)25-23-34-32-15-5-11-21-40(32)55(49(34)47)44-28-52-29-45(46(44)31-14-4-3-13-30(31)27-51)56-41-22-12-6-16-33(41)35-24-26-43-48(50(35)56)37-18-8-10-20-39(37)54(43)2/h3-26,28-29H,1-2H3. The lowest BCUT2D eigenvalue weighted by atomic mass is 9.97. The van der Waals surface area contributed by atoms with Gasteiger partial charge in [0.1, 0.15) is 0 Å². The van der Waals surface area contributed by atoms with Crippen molar-refractivity contribution in [3.63, 3.8) is 0 Å². The zero-order chi connectivity index (χ0) is 37.2. The minimum atomic E-state index is 0.605. The van der Waals surface area contributed by atoms with Crippen molar-refractivity contribution in [1.82, 2.24) is 23.3 Å². The SMILES string of the molecule is Cn1c2ccccc2c2c1ccc1c3ccccc3n(-c3cncc(-n4c5ccccc5c5ccc6c(c7ccccc7n6C)c54)c3-c3ccccc3C#N)c12. The van der Waals surface area contributed by atoms with Crippen LogP contribution in [0.25, 0.3) is 110 Å². The molecule has 0 aliphatic heterocycles. The Morgan fingerprint density at radius 2 is 0.857 bits per heavy atom. The van der Waals surface area contributed by atoms with Gasteiger partial charge in [-0.25, -0.2) is 0 Å². The van der Waals surface area contributed by atoms with Gasteiger partial charge in [-0.3, -0.25) is 4.98 Å². The normalized spacial score (nSPS) is 12.1. The van der Waals surface area contributed by atoms with Crippen LogP contribution in [0.5, 0.6) is 0 Å².